The molecule has 154 valence electrons. The Balaban J connectivity index is 1.92. The molecular weight excluding hydrogens is 376 g/mol. The standard InChI is InChI=1S/C21H24N2O6/c1-4-29-21(25)19-17(13-28-12-14-5-8-16(26-2)9-6-14)22-23-18(27-3)10-7-15(11-24)20(19)23/h5-10,24H,4,11-13H2,1-3H3. The number of aromatic nitrogens is 2. The smallest absolute Gasteiger partial charge is 0.342 e. The van der Waals surface area contributed by atoms with Gasteiger partial charge in [-0.25, -0.2) is 4.79 Å². The molecule has 8 heteroatoms. The molecule has 1 aromatic carbocycles. The number of benzene rings is 1. The average molecular weight is 400 g/mol. The second-order valence-corrected chi connectivity index (χ2v) is 6.20. The van der Waals surface area contributed by atoms with Crippen molar-refractivity contribution in [2.75, 3.05) is 20.8 Å². The van der Waals surface area contributed by atoms with Crippen LogP contribution in [0.4, 0.5) is 0 Å². The van der Waals surface area contributed by atoms with E-state index in [9.17, 15) is 9.90 Å². The van der Waals surface area contributed by atoms with E-state index in [1.165, 1.54) is 11.6 Å². The molecule has 0 amide bonds. The highest BCUT2D eigenvalue weighted by atomic mass is 16.5. The van der Waals surface area contributed by atoms with E-state index in [2.05, 4.69) is 5.10 Å². The van der Waals surface area contributed by atoms with Crippen molar-refractivity contribution in [2.45, 2.75) is 26.7 Å². The van der Waals surface area contributed by atoms with Crippen LogP contribution in [0.15, 0.2) is 36.4 Å². The van der Waals surface area contributed by atoms with E-state index in [4.69, 9.17) is 18.9 Å². The number of methoxy groups -OCH3 is 2. The molecule has 2 aromatic heterocycles. The minimum Gasteiger partial charge on any atom is -0.497 e. The summed E-state index contributed by atoms with van der Waals surface area (Å²) in [7, 11) is 3.12. The van der Waals surface area contributed by atoms with E-state index in [0.29, 0.717) is 29.3 Å². The van der Waals surface area contributed by atoms with E-state index in [1.54, 1.807) is 26.2 Å². The number of hydrogen-bond donors (Lipinski definition) is 1. The van der Waals surface area contributed by atoms with Gasteiger partial charge in [-0.2, -0.15) is 9.61 Å². The van der Waals surface area contributed by atoms with Crippen LogP contribution in [0.25, 0.3) is 5.52 Å². The van der Waals surface area contributed by atoms with Gasteiger partial charge < -0.3 is 24.1 Å². The minimum absolute atomic E-state index is 0.0931. The predicted molar refractivity (Wildman–Crippen MR) is 105 cm³/mol. The Morgan fingerprint density at radius 3 is 2.45 bits per heavy atom. The molecule has 0 saturated heterocycles. The van der Waals surface area contributed by atoms with Crippen LogP contribution in [-0.2, 0) is 29.3 Å². The summed E-state index contributed by atoms with van der Waals surface area (Å²) in [6.07, 6.45) is 0. The molecule has 29 heavy (non-hydrogen) atoms. The molecular formula is C21H24N2O6. The number of hydrogen-bond acceptors (Lipinski definition) is 7. The summed E-state index contributed by atoms with van der Waals surface area (Å²) in [5.41, 5.74) is 2.64. The van der Waals surface area contributed by atoms with Gasteiger partial charge in [-0.05, 0) is 30.7 Å². The van der Waals surface area contributed by atoms with Gasteiger partial charge in [0.05, 0.1) is 46.2 Å². The summed E-state index contributed by atoms with van der Waals surface area (Å²) in [5, 5.41) is 14.2. The molecule has 0 fully saturated rings. The summed E-state index contributed by atoms with van der Waals surface area (Å²) in [6.45, 7) is 2.13. The Kier molecular flexibility index (Phi) is 6.69. The zero-order valence-electron chi connectivity index (χ0n) is 16.7. The maximum Gasteiger partial charge on any atom is 0.342 e. The number of pyridine rings is 1. The molecule has 0 saturated carbocycles. The summed E-state index contributed by atoms with van der Waals surface area (Å²) >= 11 is 0. The fourth-order valence-corrected chi connectivity index (χ4v) is 3.03. The monoisotopic (exact) mass is 400 g/mol. The lowest BCUT2D eigenvalue weighted by Crippen LogP contribution is -2.09. The lowest BCUT2D eigenvalue weighted by molar-refractivity contribution is 0.0518. The summed E-state index contributed by atoms with van der Waals surface area (Å²) < 4.78 is 23.0. The van der Waals surface area contributed by atoms with Crippen molar-refractivity contribution >= 4 is 11.5 Å². The quantitative estimate of drug-likeness (QED) is 0.552. The largest absolute Gasteiger partial charge is 0.497 e. The average Bonchev–Trinajstić information content (AvgIpc) is 3.13. The van der Waals surface area contributed by atoms with Crippen molar-refractivity contribution in [2.24, 2.45) is 0 Å². The van der Waals surface area contributed by atoms with Crippen molar-refractivity contribution in [3.63, 3.8) is 0 Å². The van der Waals surface area contributed by atoms with E-state index in [0.717, 1.165) is 11.3 Å². The number of fused-ring (bicyclic) bond motifs is 1. The number of aliphatic hydroxyl groups is 1. The molecule has 8 nitrogen and oxygen atoms in total. The first kappa shape index (κ1) is 20.6. The highest BCUT2D eigenvalue weighted by Gasteiger charge is 2.25. The van der Waals surface area contributed by atoms with Crippen LogP contribution in [-0.4, -0.2) is 41.5 Å². The first-order valence-electron chi connectivity index (χ1n) is 9.19. The van der Waals surface area contributed by atoms with Crippen LogP contribution in [0.5, 0.6) is 11.6 Å². The van der Waals surface area contributed by atoms with Gasteiger partial charge in [0.2, 0.25) is 5.88 Å². The van der Waals surface area contributed by atoms with Crippen molar-refractivity contribution in [3.8, 4) is 11.6 Å². The molecule has 0 bridgehead atoms. The molecule has 0 aliphatic carbocycles. The number of nitrogens with zero attached hydrogens (tertiary/aromatic N) is 2. The SMILES string of the molecule is CCOC(=O)c1c(COCc2ccc(OC)cc2)nn2c(OC)ccc(CO)c12. The zero-order chi connectivity index (χ0) is 20.8. The third-order valence-corrected chi connectivity index (χ3v) is 4.42. The van der Waals surface area contributed by atoms with Crippen LogP contribution >= 0.6 is 0 Å². The Hall–Kier alpha value is -3.10. The number of ether oxygens (including phenoxy) is 4. The second kappa shape index (κ2) is 9.40. The number of carbonyl (C=O) groups excluding carboxylic acids is 1. The van der Waals surface area contributed by atoms with Crippen LogP contribution < -0.4 is 9.47 Å². The van der Waals surface area contributed by atoms with Crippen molar-refractivity contribution < 1.29 is 28.8 Å². The predicted octanol–water partition coefficient (Wildman–Crippen LogP) is 2.74. The third kappa shape index (κ3) is 4.33. The molecule has 3 rings (SSSR count). The van der Waals surface area contributed by atoms with Gasteiger partial charge in [0.15, 0.2) is 0 Å². The number of carbonyl (C=O) groups is 1. The first-order valence-corrected chi connectivity index (χ1v) is 9.19. The fourth-order valence-electron chi connectivity index (χ4n) is 3.03. The molecule has 0 unspecified atom stereocenters. The minimum atomic E-state index is -0.520. The maximum absolute atomic E-state index is 12.6. The molecule has 0 atom stereocenters. The lowest BCUT2D eigenvalue weighted by atomic mass is 10.1. The van der Waals surface area contributed by atoms with E-state index in [1.807, 2.05) is 24.3 Å². The molecule has 3 aromatic rings. The molecule has 2 heterocycles. The van der Waals surface area contributed by atoms with Crippen molar-refractivity contribution in [3.05, 3.63) is 58.8 Å². The Labute approximate surface area is 168 Å². The number of esters is 1. The Bertz CT molecular complexity index is 981. The molecule has 0 aliphatic rings. The summed E-state index contributed by atoms with van der Waals surface area (Å²) in [4.78, 5) is 12.6. The van der Waals surface area contributed by atoms with Gasteiger partial charge in [-0.1, -0.05) is 12.1 Å². The van der Waals surface area contributed by atoms with Crippen LogP contribution in [0.2, 0.25) is 0 Å². The van der Waals surface area contributed by atoms with Gasteiger partial charge in [0.25, 0.3) is 0 Å². The molecule has 0 aliphatic heterocycles. The van der Waals surface area contributed by atoms with Crippen molar-refractivity contribution in [1.29, 1.82) is 0 Å². The molecule has 0 radical (unpaired) electrons. The number of rotatable bonds is 9. The highest BCUT2D eigenvalue weighted by Crippen LogP contribution is 2.27. The fraction of sp³-hybridized carbons (Fsp3) is 0.333. The van der Waals surface area contributed by atoms with Crippen LogP contribution in [0, 0.1) is 0 Å². The van der Waals surface area contributed by atoms with Gasteiger partial charge >= 0.3 is 5.97 Å². The normalized spacial score (nSPS) is 10.9. The van der Waals surface area contributed by atoms with E-state index in [-0.39, 0.29) is 25.4 Å². The van der Waals surface area contributed by atoms with Crippen LogP contribution in [0.1, 0.15) is 34.1 Å². The molecule has 1 N–H and O–H groups in total. The van der Waals surface area contributed by atoms with E-state index >= 15 is 0 Å². The first-order chi connectivity index (χ1) is 14.1. The second-order valence-electron chi connectivity index (χ2n) is 6.20. The summed E-state index contributed by atoms with van der Waals surface area (Å²) in [5.74, 6) is 0.681. The highest BCUT2D eigenvalue weighted by molar-refractivity contribution is 5.99. The topological polar surface area (TPSA) is 91.5 Å². The molecule has 0 spiro atoms. The lowest BCUT2D eigenvalue weighted by Gasteiger charge is -2.08. The number of aliphatic hydroxyl groups excluding tert-OH is 1. The van der Waals surface area contributed by atoms with E-state index < -0.39 is 5.97 Å². The maximum atomic E-state index is 12.6. The van der Waals surface area contributed by atoms with Crippen molar-refractivity contribution in [1.82, 2.24) is 9.61 Å². The third-order valence-electron chi connectivity index (χ3n) is 4.42. The Morgan fingerprint density at radius 1 is 1.07 bits per heavy atom. The summed E-state index contributed by atoms with van der Waals surface area (Å²) in [6, 6.07) is 10.9. The van der Waals surface area contributed by atoms with Gasteiger partial charge in [0.1, 0.15) is 17.0 Å². The van der Waals surface area contributed by atoms with Crippen LogP contribution in [0.3, 0.4) is 0 Å². The van der Waals surface area contributed by atoms with Gasteiger partial charge in [-0.15, -0.1) is 0 Å². The zero-order valence-corrected chi connectivity index (χ0v) is 16.7. The van der Waals surface area contributed by atoms with Gasteiger partial charge in [-0.3, -0.25) is 0 Å². The Morgan fingerprint density at radius 2 is 1.83 bits per heavy atom. The van der Waals surface area contributed by atoms with Gasteiger partial charge in [0, 0.05) is 11.6 Å².